The van der Waals surface area contributed by atoms with Crippen LogP contribution in [0.15, 0.2) is 24.4 Å². The van der Waals surface area contributed by atoms with Crippen LogP contribution in [0.4, 0.5) is 0 Å². The summed E-state index contributed by atoms with van der Waals surface area (Å²) >= 11 is 0. The van der Waals surface area contributed by atoms with Crippen molar-refractivity contribution >= 4 is 15.5 Å². The van der Waals surface area contributed by atoms with Crippen molar-refractivity contribution in [2.24, 2.45) is 0 Å². The Hall–Kier alpha value is -1.47. The molecule has 1 fully saturated rings. The van der Waals surface area contributed by atoms with E-state index in [0.717, 1.165) is 24.3 Å². The largest absolute Gasteiger partial charge is 0.306 e. The lowest BCUT2D eigenvalue weighted by Gasteiger charge is -2.22. The van der Waals surface area contributed by atoms with E-state index in [9.17, 15) is 8.42 Å². The minimum absolute atomic E-state index is 0.0230. The van der Waals surface area contributed by atoms with Gasteiger partial charge in [0.15, 0.2) is 21.3 Å². The normalized spacial score (nSPS) is 22.6. The van der Waals surface area contributed by atoms with Gasteiger partial charge in [-0.15, -0.1) is 10.2 Å². The third-order valence-electron chi connectivity index (χ3n) is 3.40. The van der Waals surface area contributed by atoms with Gasteiger partial charge in [-0.3, -0.25) is 4.40 Å². The first-order chi connectivity index (χ1) is 9.14. The molecule has 3 heterocycles. The highest BCUT2D eigenvalue weighted by Gasteiger charge is 2.24. The topological polar surface area (TPSA) is 76.4 Å². The maximum atomic E-state index is 11.6. The third-order valence-corrected chi connectivity index (χ3v) is 5.22. The lowest BCUT2D eigenvalue weighted by Crippen LogP contribution is -2.40. The summed E-state index contributed by atoms with van der Waals surface area (Å²) in [5.41, 5.74) is 0.801. The maximum absolute atomic E-state index is 11.6. The number of sulfone groups is 1. The molecule has 1 unspecified atom stereocenters. The zero-order valence-corrected chi connectivity index (χ0v) is 11.3. The van der Waals surface area contributed by atoms with E-state index in [1.807, 2.05) is 28.8 Å². The van der Waals surface area contributed by atoms with Crippen molar-refractivity contribution in [1.82, 2.24) is 19.9 Å². The fourth-order valence-corrected chi connectivity index (χ4v) is 4.10. The van der Waals surface area contributed by atoms with E-state index in [-0.39, 0.29) is 11.8 Å². The van der Waals surface area contributed by atoms with E-state index in [4.69, 9.17) is 0 Å². The van der Waals surface area contributed by atoms with Gasteiger partial charge in [-0.2, -0.15) is 0 Å². The van der Waals surface area contributed by atoms with Crippen LogP contribution in [-0.2, 0) is 16.4 Å². The highest BCUT2D eigenvalue weighted by molar-refractivity contribution is 7.91. The van der Waals surface area contributed by atoms with Gasteiger partial charge in [-0.1, -0.05) is 6.07 Å². The zero-order valence-electron chi connectivity index (χ0n) is 10.5. The summed E-state index contributed by atoms with van der Waals surface area (Å²) in [4.78, 5) is 0. The van der Waals surface area contributed by atoms with Crippen molar-refractivity contribution < 1.29 is 8.42 Å². The van der Waals surface area contributed by atoms with Crippen molar-refractivity contribution in [2.45, 2.75) is 25.4 Å². The fourth-order valence-electron chi connectivity index (χ4n) is 2.43. The molecule has 0 bridgehead atoms. The SMILES string of the molecule is O=S1(=O)CCCC(NCc2nnc3ccccn23)C1. The second-order valence-corrected chi connectivity index (χ2v) is 7.11. The van der Waals surface area contributed by atoms with Gasteiger partial charge in [0.2, 0.25) is 0 Å². The van der Waals surface area contributed by atoms with Gasteiger partial charge in [0.1, 0.15) is 0 Å². The van der Waals surface area contributed by atoms with Gasteiger partial charge in [-0.05, 0) is 25.0 Å². The number of aromatic nitrogens is 3. The van der Waals surface area contributed by atoms with Gasteiger partial charge in [-0.25, -0.2) is 8.42 Å². The zero-order chi connectivity index (χ0) is 13.3. The predicted molar refractivity (Wildman–Crippen MR) is 71.5 cm³/mol. The Balaban J connectivity index is 1.69. The molecule has 1 atom stereocenters. The molecule has 0 saturated carbocycles. The summed E-state index contributed by atoms with van der Waals surface area (Å²) in [5.74, 6) is 1.35. The summed E-state index contributed by atoms with van der Waals surface area (Å²) in [5, 5.41) is 11.5. The van der Waals surface area contributed by atoms with Gasteiger partial charge in [0, 0.05) is 12.2 Å². The predicted octanol–water partition coefficient (Wildman–Crippen LogP) is 0.396. The minimum Gasteiger partial charge on any atom is -0.306 e. The summed E-state index contributed by atoms with van der Waals surface area (Å²) in [7, 11) is -2.87. The second kappa shape index (κ2) is 4.90. The molecule has 0 amide bonds. The Morgan fingerprint density at radius 3 is 3.11 bits per heavy atom. The van der Waals surface area contributed by atoms with E-state index in [2.05, 4.69) is 15.5 Å². The summed E-state index contributed by atoms with van der Waals surface area (Å²) < 4.78 is 25.0. The molecule has 0 aromatic carbocycles. The van der Waals surface area contributed by atoms with Crippen LogP contribution in [0.2, 0.25) is 0 Å². The minimum atomic E-state index is -2.87. The van der Waals surface area contributed by atoms with Crippen molar-refractivity contribution in [3.63, 3.8) is 0 Å². The molecular formula is C12H16N4O2S. The summed E-state index contributed by atoms with van der Waals surface area (Å²) in [6.07, 6.45) is 3.54. The number of hydrogen-bond acceptors (Lipinski definition) is 5. The average Bonchev–Trinajstić information content (AvgIpc) is 2.78. The van der Waals surface area contributed by atoms with Gasteiger partial charge < -0.3 is 5.32 Å². The molecule has 1 aliphatic rings. The number of nitrogens with zero attached hydrogens (tertiary/aromatic N) is 3. The van der Waals surface area contributed by atoms with Crippen LogP contribution in [-0.4, -0.2) is 40.6 Å². The number of fused-ring (bicyclic) bond motifs is 1. The van der Waals surface area contributed by atoms with Crippen molar-refractivity contribution in [1.29, 1.82) is 0 Å². The first kappa shape index (κ1) is 12.6. The Kier molecular flexibility index (Phi) is 3.24. The van der Waals surface area contributed by atoms with Crippen molar-refractivity contribution in [2.75, 3.05) is 11.5 Å². The molecule has 6 nitrogen and oxygen atoms in total. The molecule has 102 valence electrons. The maximum Gasteiger partial charge on any atom is 0.160 e. The van der Waals surface area contributed by atoms with E-state index in [1.54, 1.807) is 0 Å². The molecule has 2 aromatic heterocycles. The van der Waals surface area contributed by atoms with Crippen LogP contribution in [0.3, 0.4) is 0 Å². The molecule has 0 aliphatic carbocycles. The van der Waals surface area contributed by atoms with Crippen molar-refractivity contribution in [3.8, 4) is 0 Å². The lowest BCUT2D eigenvalue weighted by molar-refractivity contribution is 0.473. The standard InChI is InChI=1S/C12H16N4O2S/c17-19(18)7-3-4-10(9-19)13-8-12-15-14-11-5-1-2-6-16(11)12/h1-2,5-6,10,13H,3-4,7-9H2. The number of nitrogens with one attached hydrogen (secondary N) is 1. The monoisotopic (exact) mass is 280 g/mol. The molecule has 1 saturated heterocycles. The van der Waals surface area contributed by atoms with Crippen LogP contribution in [0.1, 0.15) is 18.7 Å². The first-order valence-corrected chi connectivity index (χ1v) is 8.19. The fraction of sp³-hybridized carbons (Fsp3) is 0.500. The molecular weight excluding hydrogens is 264 g/mol. The number of hydrogen-bond donors (Lipinski definition) is 1. The van der Waals surface area contributed by atoms with Crippen LogP contribution in [0.25, 0.3) is 5.65 Å². The molecule has 19 heavy (non-hydrogen) atoms. The van der Waals surface area contributed by atoms with Gasteiger partial charge >= 0.3 is 0 Å². The van der Waals surface area contributed by atoms with E-state index >= 15 is 0 Å². The van der Waals surface area contributed by atoms with E-state index in [0.29, 0.717) is 12.3 Å². The Morgan fingerprint density at radius 1 is 1.37 bits per heavy atom. The highest BCUT2D eigenvalue weighted by Crippen LogP contribution is 2.12. The summed E-state index contributed by atoms with van der Waals surface area (Å²) in [6.45, 7) is 0.533. The Labute approximate surface area is 111 Å². The quantitative estimate of drug-likeness (QED) is 0.880. The average molecular weight is 280 g/mol. The van der Waals surface area contributed by atoms with Gasteiger partial charge in [0.05, 0.1) is 18.1 Å². The molecule has 2 aromatic rings. The van der Waals surface area contributed by atoms with Crippen LogP contribution in [0, 0.1) is 0 Å². The second-order valence-electron chi connectivity index (χ2n) is 4.88. The van der Waals surface area contributed by atoms with Crippen LogP contribution in [0.5, 0.6) is 0 Å². The Bertz CT molecular complexity index is 680. The molecule has 0 radical (unpaired) electrons. The molecule has 3 rings (SSSR count). The smallest absolute Gasteiger partial charge is 0.160 e. The number of pyridine rings is 1. The molecule has 1 aliphatic heterocycles. The van der Waals surface area contributed by atoms with Crippen LogP contribution < -0.4 is 5.32 Å². The first-order valence-electron chi connectivity index (χ1n) is 6.36. The van der Waals surface area contributed by atoms with E-state index < -0.39 is 9.84 Å². The highest BCUT2D eigenvalue weighted by atomic mass is 32.2. The summed E-state index contributed by atoms with van der Waals surface area (Å²) in [6, 6.07) is 5.75. The number of rotatable bonds is 3. The lowest BCUT2D eigenvalue weighted by atomic mass is 10.2. The third kappa shape index (κ3) is 2.76. The van der Waals surface area contributed by atoms with Crippen LogP contribution >= 0.6 is 0 Å². The molecule has 7 heteroatoms. The Morgan fingerprint density at radius 2 is 2.26 bits per heavy atom. The van der Waals surface area contributed by atoms with Crippen molar-refractivity contribution in [3.05, 3.63) is 30.2 Å². The van der Waals surface area contributed by atoms with Gasteiger partial charge in [0.25, 0.3) is 0 Å². The molecule has 0 spiro atoms. The van der Waals surface area contributed by atoms with E-state index in [1.165, 1.54) is 0 Å². The molecule has 1 N–H and O–H groups in total.